The van der Waals surface area contributed by atoms with Crippen molar-refractivity contribution in [3.63, 3.8) is 0 Å². The lowest BCUT2D eigenvalue weighted by atomic mass is 10.1. The highest BCUT2D eigenvalue weighted by molar-refractivity contribution is 9.10. The lowest BCUT2D eigenvalue weighted by Gasteiger charge is -2.10. The van der Waals surface area contributed by atoms with Gasteiger partial charge in [0.2, 0.25) is 5.91 Å². The number of fused-ring (bicyclic) bond motifs is 1. The van der Waals surface area contributed by atoms with E-state index < -0.39 is 0 Å². The van der Waals surface area contributed by atoms with Crippen LogP contribution >= 0.6 is 15.9 Å². The molecule has 1 aliphatic rings. The van der Waals surface area contributed by atoms with Crippen LogP contribution in [0.3, 0.4) is 0 Å². The molecular weight excluding hydrogens is 318 g/mol. The largest absolute Gasteiger partial charge is 0.492 e. The minimum atomic E-state index is 0.0735. The van der Waals surface area contributed by atoms with E-state index in [1.807, 2.05) is 30.3 Å². The Kier molecular flexibility index (Phi) is 3.92. The standard InChI is InChI=1S/C16H16BrNO2/c17-16-13-4-2-1-3-11(13)5-8-14(16)20-10-9-15(19)18-12-6-7-12/h1-5,8,12H,6-7,9-10H2,(H,18,19). The molecular formula is C16H16BrNO2. The van der Waals surface area contributed by atoms with Crippen LogP contribution in [0.2, 0.25) is 0 Å². The van der Waals surface area contributed by atoms with Gasteiger partial charge in [0, 0.05) is 6.04 Å². The van der Waals surface area contributed by atoms with Crippen molar-refractivity contribution in [1.29, 1.82) is 0 Å². The summed E-state index contributed by atoms with van der Waals surface area (Å²) >= 11 is 3.57. The number of nitrogens with one attached hydrogen (secondary N) is 1. The minimum Gasteiger partial charge on any atom is -0.492 e. The second-order valence-corrected chi connectivity index (χ2v) is 5.83. The van der Waals surface area contributed by atoms with Gasteiger partial charge in [-0.3, -0.25) is 4.79 Å². The molecule has 1 fully saturated rings. The van der Waals surface area contributed by atoms with Gasteiger partial charge in [0.25, 0.3) is 0 Å². The quantitative estimate of drug-likeness (QED) is 0.906. The van der Waals surface area contributed by atoms with Gasteiger partial charge < -0.3 is 10.1 Å². The number of ether oxygens (including phenoxy) is 1. The van der Waals surface area contributed by atoms with Crippen LogP contribution in [0.4, 0.5) is 0 Å². The van der Waals surface area contributed by atoms with E-state index in [-0.39, 0.29) is 5.91 Å². The smallest absolute Gasteiger partial charge is 0.223 e. The molecule has 0 saturated heterocycles. The molecule has 0 unspecified atom stereocenters. The number of rotatable bonds is 5. The van der Waals surface area contributed by atoms with E-state index in [9.17, 15) is 4.79 Å². The van der Waals surface area contributed by atoms with Gasteiger partial charge in [0.15, 0.2) is 0 Å². The Bertz CT molecular complexity index is 637. The van der Waals surface area contributed by atoms with Crippen molar-refractivity contribution in [2.75, 3.05) is 6.61 Å². The molecule has 3 rings (SSSR count). The first-order valence-corrected chi connectivity index (χ1v) is 7.63. The molecule has 0 aromatic heterocycles. The molecule has 3 nitrogen and oxygen atoms in total. The molecule has 20 heavy (non-hydrogen) atoms. The summed E-state index contributed by atoms with van der Waals surface area (Å²) in [5, 5.41) is 5.24. The van der Waals surface area contributed by atoms with E-state index in [1.165, 1.54) is 5.39 Å². The molecule has 0 bridgehead atoms. The Morgan fingerprint density at radius 1 is 1.25 bits per heavy atom. The molecule has 2 aromatic rings. The maximum atomic E-state index is 11.6. The van der Waals surface area contributed by atoms with Crippen molar-refractivity contribution < 1.29 is 9.53 Å². The van der Waals surface area contributed by atoms with Crippen LogP contribution in [0.1, 0.15) is 19.3 Å². The lowest BCUT2D eigenvalue weighted by Crippen LogP contribution is -2.26. The fourth-order valence-corrected chi connectivity index (χ4v) is 2.71. The first-order valence-electron chi connectivity index (χ1n) is 6.83. The zero-order chi connectivity index (χ0) is 13.9. The minimum absolute atomic E-state index is 0.0735. The third kappa shape index (κ3) is 3.12. The molecule has 0 spiro atoms. The predicted molar refractivity (Wildman–Crippen MR) is 82.9 cm³/mol. The van der Waals surface area contributed by atoms with Crippen LogP contribution in [0.5, 0.6) is 5.75 Å². The Hall–Kier alpha value is -1.55. The third-order valence-electron chi connectivity index (χ3n) is 3.36. The van der Waals surface area contributed by atoms with Crippen LogP contribution in [0.15, 0.2) is 40.9 Å². The van der Waals surface area contributed by atoms with E-state index in [0.717, 1.165) is 28.5 Å². The highest BCUT2D eigenvalue weighted by Gasteiger charge is 2.22. The van der Waals surface area contributed by atoms with Crippen molar-refractivity contribution >= 4 is 32.6 Å². The van der Waals surface area contributed by atoms with Crippen LogP contribution in [-0.2, 0) is 4.79 Å². The normalized spacial score (nSPS) is 14.2. The zero-order valence-electron chi connectivity index (χ0n) is 11.1. The fraction of sp³-hybridized carbons (Fsp3) is 0.312. The van der Waals surface area contributed by atoms with E-state index in [0.29, 0.717) is 19.1 Å². The molecule has 4 heteroatoms. The number of halogens is 1. The maximum Gasteiger partial charge on any atom is 0.223 e. The van der Waals surface area contributed by atoms with Gasteiger partial charge in [-0.2, -0.15) is 0 Å². The highest BCUT2D eigenvalue weighted by atomic mass is 79.9. The van der Waals surface area contributed by atoms with Crippen LogP contribution in [-0.4, -0.2) is 18.6 Å². The summed E-state index contributed by atoms with van der Waals surface area (Å²) in [6.07, 6.45) is 2.63. The number of hydrogen-bond donors (Lipinski definition) is 1. The summed E-state index contributed by atoms with van der Waals surface area (Å²) in [4.78, 5) is 11.6. The average molecular weight is 334 g/mol. The van der Waals surface area contributed by atoms with Crippen molar-refractivity contribution in [3.05, 3.63) is 40.9 Å². The summed E-state index contributed by atoms with van der Waals surface area (Å²) in [6, 6.07) is 12.5. The molecule has 0 aliphatic heterocycles. The van der Waals surface area contributed by atoms with E-state index in [2.05, 4.69) is 27.3 Å². The van der Waals surface area contributed by atoms with Gasteiger partial charge in [-0.25, -0.2) is 0 Å². The van der Waals surface area contributed by atoms with Crippen molar-refractivity contribution in [2.24, 2.45) is 0 Å². The van der Waals surface area contributed by atoms with Crippen LogP contribution in [0, 0.1) is 0 Å². The van der Waals surface area contributed by atoms with Gasteiger partial charge in [0.1, 0.15) is 5.75 Å². The highest BCUT2D eigenvalue weighted by Crippen LogP contribution is 2.33. The number of hydrogen-bond acceptors (Lipinski definition) is 2. The molecule has 104 valence electrons. The second kappa shape index (κ2) is 5.83. The zero-order valence-corrected chi connectivity index (χ0v) is 12.7. The molecule has 2 aromatic carbocycles. The molecule has 1 aliphatic carbocycles. The Morgan fingerprint density at radius 2 is 2.05 bits per heavy atom. The Labute approximate surface area is 126 Å². The van der Waals surface area contributed by atoms with Gasteiger partial charge >= 0.3 is 0 Å². The van der Waals surface area contributed by atoms with Crippen molar-refractivity contribution in [3.8, 4) is 5.75 Å². The molecule has 1 amide bonds. The second-order valence-electron chi connectivity index (χ2n) is 5.04. The van der Waals surface area contributed by atoms with Gasteiger partial charge in [-0.05, 0) is 45.6 Å². The van der Waals surface area contributed by atoms with Crippen LogP contribution in [0.25, 0.3) is 10.8 Å². The average Bonchev–Trinajstić information content (AvgIpc) is 3.25. The van der Waals surface area contributed by atoms with E-state index in [4.69, 9.17) is 4.74 Å². The predicted octanol–water partition coefficient (Wildman–Crippen LogP) is 3.65. The number of benzene rings is 2. The topological polar surface area (TPSA) is 38.3 Å². The third-order valence-corrected chi connectivity index (χ3v) is 4.17. The van der Waals surface area contributed by atoms with Crippen molar-refractivity contribution in [2.45, 2.75) is 25.3 Å². The lowest BCUT2D eigenvalue weighted by molar-refractivity contribution is -0.121. The van der Waals surface area contributed by atoms with E-state index in [1.54, 1.807) is 0 Å². The number of carbonyl (C=O) groups is 1. The summed E-state index contributed by atoms with van der Waals surface area (Å²) < 4.78 is 6.65. The molecule has 1 N–H and O–H groups in total. The monoisotopic (exact) mass is 333 g/mol. The molecule has 0 atom stereocenters. The first-order chi connectivity index (χ1) is 9.74. The Morgan fingerprint density at radius 3 is 2.85 bits per heavy atom. The molecule has 0 heterocycles. The summed E-state index contributed by atoms with van der Waals surface area (Å²) in [5.41, 5.74) is 0. The first kappa shape index (κ1) is 13.4. The summed E-state index contributed by atoms with van der Waals surface area (Å²) in [5.74, 6) is 0.854. The fourth-order valence-electron chi connectivity index (χ4n) is 2.11. The Balaban J connectivity index is 1.62. The van der Waals surface area contributed by atoms with Gasteiger partial charge in [-0.1, -0.05) is 30.3 Å². The molecule has 0 radical (unpaired) electrons. The van der Waals surface area contributed by atoms with Gasteiger partial charge in [-0.15, -0.1) is 0 Å². The maximum absolute atomic E-state index is 11.6. The van der Waals surface area contributed by atoms with Crippen molar-refractivity contribution in [1.82, 2.24) is 5.32 Å². The summed E-state index contributed by atoms with van der Waals surface area (Å²) in [6.45, 7) is 0.398. The SMILES string of the molecule is O=C(CCOc1ccc2ccccc2c1Br)NC1CC1. The van der Waals surface area contributed by atoms with E-state index >= 15 is 0 Å². The molecule has 1 saturated carbocycles. The summed E-state index contributed by atoms with van der Waals surface area (Å²) in [7, 11) is 0. The van der Waals surface area contributed by atoms with Gasteiger partial charge in [0.05, 0.1) is 17.5 Å². The van der Waals surface area contributed by atoms with Crippen LogP contribution < -0.4 is 10.1 Å². The number of amides is 1. The number of carbonyl (C=O) groups excluding carboxylic acids is 1.